The van der Waals surface area contributed by atoms with Gasteiger partial charge in [0.15, 0.2) is 11.5 Å². The Hall–Kier alpha value is -2.01. The van der Waals surface area contributed by atoms with Crippen molar-refractivity contribution in [2.45, 2.75) is 43.7 Å². The number of hydrogen-bond donors (Lipinski definition) is 2. The SMILES string of the molecule is Cl.[C-]#[N+]C1(c2ccc(OC)c(OC3CCC3)c2)CCN(CC(=O)NO)CC1. The highest BCUT2D eigenvalue weighted by atomic mass is 35.5. The fourth-order valence-corrected chi connectivity index (χ4v) is 3.51. The van der Waals surface area contributed by atoms with Crippen LogP contribution in [0, 0.1) is 6.57 Å². The maximum absolute atomic E-state index is 11.3. The van der Waals surface area contributed by atoms with E-state index in [1.807, 2.05) is 23.1 Å². The highest BCUT2D eigenvalue weighted by molar-refractivity contribution is 5.85. The first-order valence-electron chi connectivity index (χ1n) is 8.99. The Morgan fingerprint density at radius 2 is 2.07 bits per heavy atom. The standard InChI is InChI=1S/C19H25N3O4.ClH/c1-20-19(8-10-22(11-9-19)13-18(23)21-24)14-6-7-16(25-2)17(12-14)26-15-4-3-5-15;/h6-7,12,15,24H,3-5,8-11,13H2,2H3,(H,21,23);1H. The normalized spacial score (nSPS) is 19.1. The topological polar surface area (TPSA) is 75.4 Å². The van der Waals surface area contributed by atoms with Gasteiger partial charge in [-0.3, -0.25) is 14.9 Å². The van der Waals surface area contributed by atoms with Crippen LogP contribution in [0.4, 0.5) is 0 Å². The molecule has 1 aromatic rings. The summed E-state index contributed by atoms with van der Waals surface area (Å²) in [6.07, 6.45) is 4.80. The number of nitrogens with one attached hydrogen (secondary N) is 1. The number of carbonyl (C=O) groups is 1. The molecule has 0 unspecified atom stereocenters. The molecule has 0 spiro atoms. The molecular weight excluding hydrogens is 370 g/mol. The molecule has 1 aliphatic heterocycles. The summed E-state index contributed by atoms with van der Waals surface area (Å²) in [5, 5.41) is 8.67. The molecule has 1 saturated heterocycles. The number of hydroxylamine groups is 1. The zero-order valence-electron chi connectivity index (χ0n) is 15.4. The lowest BCUT2D eigenvalue weighted by molar-refractivity contribution is -0.130. The number of hydrogen-bond acceptors (Lipinski definition) is 5. The van der Waals surface area contributed by atoms with Crippen molar-refractivity contribution in [3.8, 4) is 11.5 Å². The zero-order chi connectivity index (χ0) is 18.6. The van der Waals surface area contributed by atoms with Gasteiger partial charge in [0.25, 0.3) is 11.4 Å². The van der Waals surface area contributed by atoms with Crippen molar-refractivity contribution < 1.29 is 19.5 Å². The summed E-state index contributed by atoms with van der Waals surface area (Å²) in [4.78, 5) is 17.3. The van der Waals surface area contributed by atoms with Crippen LogP contribution in [0.2, 0.25) is 0 Å². The van der Waals surface area contributed by atoms with Gasteiger partial charge in [-0.25, -0.2) is 12.1 Å². The molecule has 1 heterocycles. The van der Waals surface area contributed by atoms with Crippen molar-refractivity contribution >= 4 is 18.3 Å². The minimum atomic E-state index is -0.615. The summed E-state index contributed by atoms with van der Waals surface area (Å²) < 4.78 is 11.5. The van der Waals surface area contributed by atoms with E-state index in [2.05, 4.69) is 4.85 Å². The van der Waals surface area contributed by atoms with Crippen LogP contribution in [0.1, 0.15) is 37.7 Å². The lowest BCUT2D eigenvalue weighted by Gasteiger charge is -2.34. The molecule has 2 N–H and O–H groups in total. The molecule has 1 amide bonds. The number of amides is 1. The smallest absolute Gasteiger partial charge is 0.260 e. The molecule has 148 valence electrons. The first-order valence-corrected chi connectivity index (χ1v) is 8.99. The van der Waals surface area contributed by atoms with E-state index < -0.39 is 11.4 Å². The van der Waals surface area contributed by atoms with Gasteiger partial charge in [-0.15, -0.1) is 12.4 Å². The molecule has 1 saturated carbocycles. The van der Waals surface area contributed by atoms with Crippen LogP contribution in [0.5, 0.6) is 11.5 Å². The van der Waals surface area contributed by atoms with Crippen molar-refractivity contribution in [3.63, 3.8) is 0 Å². The second kappa shape index (κ2) is 9.27. The van der Waals surface area contributed by atoms with E-state index in [4.69, 9.17) is 21.3 Å². The summed E-state index contributed by atoms with van der Waals surface area (Å²) in [5.74, 6) is 0.971. The van der Waals surface area contributed by atoms with E-state index in [-0.39, 0.29) is 25.1 Å². The van der Waals surface area contributed by atoms with Crippen molar-refractivity contribution in [1.82, 2.24) is 10.4 Å². The van der Waals surface area contributed by atoms with Crippen molar-refractivity contribution in [1.29, 1.82) is 0 Å². The maximum Gasteiger partial charge on any atom is 0.260 e. The lowest BCUT2D eigenvalue weighted by Crippen LogP contribution is -2.44. The predicted molar refractivity (Wildman–Crippen MR) is 102 cm³/mol. The Balaban J connectivity index is 0.00000261. The van der Waals surface area contributed by atoms with Gasteiger partial charge in [-0.2, -0.15) is 0 Å². The molecule has 0 aromatic heterocycles. The first-order chi connectivity index (χ1) is 12.6. The second-order valence-electron chi connectivity index (χ2n) is 6.99. The van der Waals surface area contributed by atoms with Crippen LogP contribution in [0.3, 0.4) is 0 Å². The highest BCUT2D eigenvalue weighted by Crippen LogP contribution is 2.41. The van der Waals surface area contributed by atoms with Crippen LogP contribution in [0.25, 0.3) is 4.85 Å². The van der Waals surface area contributed by atoms with Crippen molar-refractivity contribution in [2.24, 2.45) is 0 Å². The van der Waals surface area contributed by atoms with Crippen LogP contribution < -0.4 is 15.0 Å². The molecule has 1 aliphatic carbocycles. The number of nitrogens with zero attached hydrogens (tertiary/aromatic N) is 2. The Morgan fingerprint density at radius 3 is 2.59 bits per heavy atom. The van der Waals surface area contributed by atoms with E-state index in [0.29, 0.717) is 37.4 Å². The fourth-order valence-electron chi connectivity index (χ4n) is 3.51. The van der Waals surface area contributed by atoms with Gasteiger partial charge in [-0.1, -0.05) is 0 Å². The quantitative estimate of drug-likeness (QED) is 0.440. The number of rotatable bonds is 6. The largest absolute Gasteiger partial charge is 0.493 e. The minimum absolute atomic E-state index is 0. The van der Waals surface area contributed by atoms with Crippen LogP contribution in [-0.4, -0.2) is 48.9 Å². The van der Waals surface area contributed by atoms with E-state index in [1.54, 1.807) is 12.6 Å². The highest BCUT2D eigenvalue weighted by Gasteiger charge is 2.43. The number of piperidine rings is 1. The molecule has 2 aliphatic rings. The summed E-state index contributed by atoms with van der Waals surface area (Å²) in [5.41, 5.74) is 1.98. The van der Waals surface area contributed by atoms with Crippen LogP contribution in [-0.2, 0) is 10.3 Å². The minimum Gasteiger partial charge on any atom is -0.493 e. The Morgan fingerprint density at radius 1 is 1.37 bits per heavy atom. The molecule has 0 atom stereocenters. The summed E-state index contributed by atoms with van der Waals surface area (Å²) in [6.45, 7) is 9.19. The number of halogens is 1. The van der Waals surface area contributed by atoms with Gasteiger partial charge in [0.2, 0.25) is 0 Å². The van der Waals surface area contributed by atoms with E-state index in [9.17, 15) is 4.79 Å². The monoisotopic (exact) mass is 395 g/mol. The summed E-state index contributed by atoms with van der Waals surface area (Å²) in [7, 11) is 1.62. The van der Waals surface area contributed by atoms with E-state index >= 15 is 0 Å². The molecule has 3 rings (SSSR count). The number of ether oxygens (including phenoxy) is 2. The summed E-state index contributed by atoms with van der Waals surface area (Å²) in [6, 6.07) is 5.77. The van der Waals surface area contributed by atoms with E-state index in [0.717, 1.165) is 18.4 Å². The maximum atomic E-state index is 11.3. The second-order valence-corrected chi connectivity index (χ2v) is 6.99. The summed E-state index contributed by atoms with van der Waals surface area (Å²) >= 11 is 0. The van der Waals surface area contributed by atoms with Gasteiger partial charge in [0.1, 0.15) is 0 Å². The Labute approximate surface area is 165 Å². The molecule has 8 heteroatoms. The zero-order valence-corrected chi connectivity index (χ0v) is 16.3. The number of methoxy groups -OCH3 is 1. The Kier molecular flexibility index (Phi) is 7.31. The molecule has 0 radical (unpaired) electrons. The average molecular weight is 396 g/mol. The molecule has 7 nitrogen and oxygen atoms in total. The number of benzene rings is 1. The van der Waals surface area contributed by atoms with Crippen LogP contribution >= 0.6 is 12.4 Å². The molecule has 1 aromatic carbocycles. The third-order valence-corrected chi connectivity index (χ3v) is 5.44. The van der Waals surface area contributed by atoms with Crippen molar-refractivity contribution in [2.75, 3.05) is 26.7 Å². The molecular formula is C19H26ClN3O4. The van der Waals surface area contributed by atoms with Gasteiger partial charge in [-0.05, 0) is 37.5 Å². The number of likely N-dealkylation sites (tertiary alicyclic amines) is 1. The third kappa shape index (κ3) is 4.64. The van der Waals surface area contributed by atoms with Gasteiger partial charge < -0.3 is 14.3 Å². The number of carbonyl (C=O) groups excluding carboxylic acids is 1. The van der Waals surface area contributed by atoms with Crippen molar-refractivity contribution in [3.05, 3.63) is 35.2 Å². The first kappa shape index (κ1) is 21.3. The Bertz CT molecular complexity index is 695. The molecule has 2 fully saturated rings. The van der Waals surface area contributed by atoms with Crippen LogP contribution in [0.15, 0.2) is 18.2 Å². The lowest BCUT2D eigenvalue weighted by atomic mass is 9.81. The average Bonchev–Trinajstić information content (AvgIpc) is 2.65. The van der Waals surface area contributed by atoms with Gasteiger partial charge >= 0.3 is 0 Å². The van der Waals surface area contributed by atoms with Gasteiger partial charge in [0, 0.05) is 31.5 Å². The molecule has 0 bridgehead atoms. The predicted octanol–water partition coefficient (Wildman–Crippen LogP) is 2.76. The third-order valence-electron chi connectivity index (χ3n) is 5.44. The fraction of sp³-hybridized carbons (Fsp3) is 0.579. The van der Waals surface area contributed by atoms with E-state index in [1.165, 1.54) is 6.42 Å². The molecule has 27 heavy (non-hydrogen) atoms. The van der Waals surface area contributed by atoms with Gasteiger partial charge in [0.05, 0.1) is 19.8 Å².